The monoisotopic (exact) mass is 408 g/mol. The first-order valence-electron chi connectivity index (χ1n) is 5.66. The van der Waals surface area contributed by atoms with E-state index in [0.29, 0.717) is 0 Å². The summed E-state index contributed by atoms with van der Waals surface area (Å²) >= 11 is 0. The molecule has 20 heavy (non-hydrogen) atoms. The van der Waals surface area contributed by atoms with Crippen molar-refractivity contribution in [2.75, 3.05) is 0 Å². The van der Waals surface area contributed by atoms with Gasteiger partial charge in [0.25, 0.3) is 6.48 Å². The minimum absolute atomic E-state index is 1.02. The van der Waals surface area contributed by atoms with Crippen LogP contribution in [0.3, 0.4) is 0 Å². The Kier molecular flexibility index (Phi) is 3.57. The quantitative estimate of drug-likeness (QED) is 0.357. The van der Waals surface area contributed by atoms with Crippen molar-refractivity contribution < 1.29 is 50.3 Å². The molecule has 0 amide bonds. The third-order valence-electron chi connectivity index (χ3n) is 2.67. The van der Waals surface area contributed by atoms with Gasteiger partial charge in [0.15, 0.2) is 0 Å². The average molecular weight is 409 g/mol. The van der Waals surface area contributed by atoms with Gasteiger partial charge in [0, 0.05) is 0 Å². The van der Waals surface area contributed by atoms with Gasteiger partial charge in [-0.3, -0.25) is 0 Å². The van der Waals surface area contributed by atoms with Crippen LogP contribution in [-0.2, 0) is 50.3 Å². The average Bonchev–Trinajstić information content (AvgIpc) is 2.18. The standard InChI is InChI=1S/CH8O12Si7/c2-1-3-15-7-17-5-14(2)6-18-8-16(4-1)10-19(9-15)13-20(11-17)12-18/h1,14-20H. The molecule has 0 atom stereocenters. The lowest BCUT2D eigenvalue weighted by Gasteiger charge is -2.44. The topological polar surface area (TPSA) is 111 Å². The van der Waals surface area contributed by atoms with E-state index in [0.717, 1.165) is 0 Å². The van der Waals surface area contributed by atoms with Crippen molar-refractivity contribution in [3.05, 3.63) is 0 Å². The van der Waals surface area contributed by atoms with Crippen LogP contribution in [0.5, 0.6) is 0 Å². The lowest BCUT2D eigenvalue weighted by Crippen LogP contribution is -2.67. The second kappa shape index (κ2) is 5.29. The van der Waals surface area contributed by atoms with Gasteiger partial charge >= 0.3 is 66.7 Å². The first kappa shape index (κ1) is 13.5. The molecule has 0 saturated carbocycles. The summed E-state index contributed by atoms with van der Waals surface area (Å²) in [6.07, 6.45) is 0. The van der Waals surface area contributed by atoms with Crippen LogP contribution >= 0.6 is 0 Å². The molecular weight excluding hydrogens is 401 g/mol. The number of hydrogen-bond acceptors (Lipinski definition) is 12. The van der Waals surface area contributed by atoms with Gasteiger partial charge in [-0.2, -0.15) is 0 Å². The van der Waals surface area contributed by atoms with Crippen LogP contribution in [-0.4, -0.2) is 73.2 Å². The maximum atomic E-state index is 5.68. The molecular formula is CH8O12Si7. The highest BCUT2D eigenvalue weighted by Gasteiger charge is 2.54. The molecule has 6 aliphatic rings. The predicted octanol–water partition coefficient (Wildman–Crippen LogP) is -5.44. The normalized spacial score (nSPS) is 57.6. The molecule has 8 bridgehead atoms. The van der Waals surface area contributed by atoms with E-state index in [9.17, 15) is 0 Å². The molecule has 12 nitrogen and oxygen atoms in total. The Bertz CT molecular complexity index is 243. The molecule has 0 spiro atoms. The van der Waals surface area contributed by atoms with Crippen LogP contribution in [0, 0.1) is 0 Å². The van der Waals surface area contributed by atoms with E-state index in [1.54, 1.807) is 0 Å². The Morgan fingerprint density at radius 1 is 0.350 bits per heavy atom. The highest BCUT2D eigenvalue weighted by atomic mass is 28.5. The minimum atomic E-state index is -2.57. The van der Waals surface area contributed by atoms with Gasteiger partial charge in [-0.15, -0.1) is 0 Å². The fraction of sp³-hybridized carbons (Fsp3) is 1.00. The number of hydrogen-bond donors (Lipinski definition) is 0. The van der Waals surface area contributed by atoms with E-state index < -0.39 is 73.2 Å². The molecule has 0 aromatic heterocycles. The summed E-state index contributed by atoms with van der Waals surface area (Å²) in [5.74, 6) is 0. The third kappa shape index (κ3) is 2.58. The molecule has 19 heteroatoms. The van der Waals surface area contributed by atoms with E-state index in [1.165, 1.54) is 0 Å². The summed E-state index contributed by atoms with van der Waals surface area (Å²) < 4.78 is 67.6. The van der Waals surface area contributed by atoms with E-state index in [-0.39, 0.29) is 0 Å². The molecule has 112 valence electrons. The van der Waals surface area contributed by atoms with E-state index in [2.05, 4.69) is 0 Å². The largest absolute Gasteiger partial charge is 0.472 e. The maximum Gasteiger partial charge on any atom is 0.472 e. The van der Waals surface area contributed by atoms with Crippen LogP contribution in [0.15, 0.2) is 0 Å². The first-order chi connectivity index (χ1) is 9.80. The zero-order valence-corrected chi connectivity index (χ0v) is 17.6. The molecule has 6 saturated heterocycles. The zero-order chi connectivity index (χ0) is 13.1. The fourth-order valence-electron chi connectivity index (χ4n) is 1.86. The van der Waals surface area contributed by atoms with Gasteiger partial charge in [-0.1, -0.05) is 0 Å². The Hall–Kier alpha value is 1.04. The predicted molar refractivity (Wildman–Crippen MR) is 66.9 cm³/mol. The molecule has 0 aromatic carbocycles. The maximum absolute atomic E-state index is 5.68. The van der Waals surface area contributed by atoms with Crippen LogP contribution in [0.4, 0.5) is 0 Å². The first-order valence-corrected chi connectivity index (χ1v) is 15.6. The summed E-state index contributed by atoms with van der Waals surface area (Å²) in [5.41, 5.74) is 0. The molecule has 0 aromatic rings. The van der Waals surface area contributed by atoms with Gasteiger partial charge in [0.1, 0.15) is 0 Å². The van der Waals surface area contributed by atoms with Crippen molar-refractivity contribution in [1.29, 1.82) is 0 Å². The van der Waals surface area contributed by atoms with Crippen LogP contribution in [0.1, 0.15) is 0 Å². The molecule has 0 aliphatic carbocycles. The van der Waals surface area contributed by atoms with Crippen LogP contribution in [0.2, 0.25) is 0 Å². The van der Waals surface area contributed by atoms with Gasteiger partial charge in [-0.25, -0.2) is 0 Å². The Balaban J connectivity index is 1.57. The number of rotatable bonds is 0. The molecule has 0 radical (unpaired) electrons. The van der Waals surface area contributed by atoms with Gasteiger partial charge < -0.3 is 50.3 Å². The van der Waals surface area contributed by atoms with E-state index in [1.807, 2.05) is 0 Å². The summed E-state index contributed by atoms with van der Waals surface area (Å²) in [4.78, 5) is 0. The van der Waals surface area contributed by atoms with Crippen molar-refractivity contribution in [3.63, 3.8) is 0 Å². The summed E-state index contributed by atoms with van der Waals surface area (Å²) in [6.45, 7) is -1.02. The second-order valence-corrected chi connectivity index (χ2v) is 18.6. The minimum Gasteiger partial charge on any atom is -0.378 e. The molecule has 6 fully saturated rings. The van der Waals surface area contributed by atoms with Gasteiger partial charge in [-0.05, 0) is 0 Å². The molecule has 6 rings (SSSR count). The Morgan fingerprint density at radius 2 is 0.600 bits per heavy atom. The highest BCUT2D eigenvalue weighted by Crippen LogP contribution is 2.26. The smallest absolute Gasteiger partial charge is 0.378 e. The Morgan fingerprint density at radius 3 is 0.900 bits per heavy atom. The lowest BCUT2D eigenvalue weighted by atomic mass is 11.4. The highest BCUT2D eigenvalue weighted by molar-refractivity contribution is 6.77. The van der Waals surface area contributed by atoms with Crippen molar-refractivity contribution in [3.8, 4) is 0 Å². The summed E-state index contributed by atoms with van der Waals surface area (Å²) in [6, 6.07) is 0. The molecule has 0 N–H and O–H groups in total. The molecule has 6 heterocycles. The van der Waals surface area contributed by atoms with Gasteiger partial charge in [0.05, 0.1) is 0 Å². The van der Waals surface area contributed by atoms with Crippen molar-refractivity contribution >= 4 is 66.7 Å². The third-order valence-corrected chi connectivity index (χ3v) is 20.0. The van der Waals surface area contributed by atoms with Crippen LogP contribution in [0.25, 0.3) is 0 Å². The summed E-state index contributed by atoms with van der Waals surface area (Å²) in [5, 5.41) is 0. The van der Waals surface area contributed by atoms with Crippen LogP contribution < -0.4 is 0 Å². The molecule has 0 unspecified atom stereocenters. The summed E-state index contributed by atoms with van der Waals surface area (Å²) in [7, 11) is -17.8. The van der Waals surface area contributed by atoms with Crippen molar-refractivity contribution in [2.24, 2.45) is 0 Å². The van der Waals surface area contributed by atoms with Gasteiger partial charge in [0.2, 0.25) is 0 Å². The van der Waals surface area contributed by atoms with Crippen molar-refractivity contribution in [1.82, 2.24) is 0 Å². The lowest BCUT2D eigenvalue weighted by molar-refractivity contribution is -0.206. The van der Waals surface area contributed by atoms with E-state index in [4.69, 9.17) is 50.3 Å². The molecule has 6 aliphatic heterocycles. The second-order valence-electron chi connectivity index (χ2n) is 3.94. The Labute approximate surface area is 124 Å². The SMILES string of the molecule is O1C2O[SiH]3O[SiH]4O[SiH]1O[SiH]1O[SiH](O2)O[SiH](O3)O[SiH](O4)O1. The fourth-order valence-corrected chi connectivity index (χ4v) is 23.8. The zero-order valence-electron chi connectivity index (χ0n) is 9.52. The van der Waals surface area contributed by atoms with Crippen molar-refractivity contribution in [2.45, 2.75) is 6.48 Å². The van der Waals surface area contributed by atoms with E-state index >= 15 is 0 Å².